The molecule has 0 aliphatic carbocycles. The first-order valence-corrected chi connectivity index (χ1v) is 9.51. The molecular weight excluding hydrogens is 360 g/mol. The highest BCUT2D eigenvalue weighted by Crippen LogP contribution is 2.31. The third kappa shape index (κ3) is 5.17. The first-order chi connectivity index (χ1) is 14.1. The predicted octanol–water partition coefficient (Wildman–Crippen LogP) is 7.68. The summed E-state index contributed by atoms with van der Waals surface area (Å²) in [5, 5.41) is 0. The molecule has 0 spiro atoms. The van der Waals surface area contributed by atoms with Crippen molar-refractivity contribution in [1.82, 2.24) is 0 Å². The fourth-order valence-corrected chi connectivity index (χ4v) is 2.97. The van der Waals surface area contributed by atoms with Gasteiger partial charge in [-0.1, -0.05) is 36.4 Å². The molecule has 3 nitrogen and oxygen atoms in total. The molecule has 0 saturated carbocycles. The molecule has 144 valence electrons. The number of hydrogen-bond acceptors (Lipinski definition) is 3. The standard InChI is InChI=1S/C26H22O3/c1-19-7-3-9-21(15-19)27-23-11-5-13-25(17-23)29-26-14-6-12-24(18-26)28-22-10-4-8-20(2)16-22/h3-18H,1-2H3. The Bertz CT molecular complexity index is 1030. The average Bonchev–Trinajstić information content (AvgIpc) is 2.69. The van der Waals surface area contributed by atoms with E-state index in [4.69, 9.17) is 14.2 Å². The van der Waals surface area contributed by atoms with E-state index in [1.54, 1.807) is 0 Å². The average molecular weight is 382 g/mol. The first-order valence-electron chi connectivity index (χ1n) is 9.51. The van der Waals surface area contributed by atoms with E-state index < -0.39 is 0 Å². The molecule has 0 bridgehead atoms. The number of ether oxygens (including phenoxy) is 3. The topological polar surface area (TPSA) is 27.7 Å². The van der Waals surface area contributed by atoms with Crippen LogP contribution >= 0.6 is 0 Å². The minimum absolute atomic E-state index is 0.697. The third-order valence-corrected chi connectivity index (χ3v) is 4.30. The Morgan fingerprint density at radius 2 is 0.655 bits per heavy atom. The Balaban J connectivity index is 1.48. The first kappa shape index (κ1) is 18.6. The van der Waals surface area contributed by atoms with Gasteiger partial charge < -0.3 is 14.2 Å². The zero-order valence-corrected chi connectivity index (χ0v) is 16.5. The van der Waals surface area contributed by atoms with E-state index >= 15 is 0 Å². The van der Waals surface area contributed by atoms with Crippen molar-refractivity contribution < 1.29 is 14.2 Å². The zero-order chi connectivity index (χ0) is 20.1. The normalized spacial score (nSPS) is 10.4. The second kappa shape index (κ2) is 8.53. The smallest absolute Gasteiger partial charge is 0.131 e. The molecule has 0 aliphatic heterocycles. The molecule has 3 heteroatoms. The van der Waals surface area contributed by atoms with Crippen molar-refractivity contribution in [3.63, 3.8) is 0 Å². The van der Waals surface area contributed by atoms with Gasteiger partial charge in [-0.05, 0) is 73.5 Å². The molecule has 29 heavy (non-hydrogen) atoms. The summed E-state index contributed by atoms with van der Waals surface area (Å²) in [5.41, 5.74) is 2.31. The maximum Gasteiger partial charge on any atom is 0.131 e. The van der Waals surface area contributed by atoms with E-state index in [1.165, 1.54) is 0 Å². The third-order valence-electron chi connectivity index (χ3n) is 4.30. The van der Waals surface area contributed by atoms with Crippen molar-refractivity contribution in [2.24, 2.45) is 0 Å². The minimum Gasteiger partial charge on any atom is -0.457 e. The van der Waals surface area contributed by atoms with Gasteiger partial charge in [0, 0.05) is 12.1 Å². The number of hydrogen-bond donors (Lipinski definition) is 0. The molecule has 0 radical (unpaired) electrons. The van der Waals surface area contributed by atoms with Gasteiger partial charge >= 0.3 is 0 Å². The van der Waals surface area contributed by atoms with Crippen LogP contribution in [0.2, 0.25) is 0 Å². The summed E-state index contributed by atoms with van der Waals surface area (Å²) in [7, 11) is 0. The number of rotatable bonds is 6. The molecule has 4 aromatic carbocycles. The Kier molecular flexibility index (Phi) is 5.48. The summed E-state index contributed by atoms with van der Waals surface area (Å²) in [6.07, 6.45) is 0. The van der Waals surface area contributed by atoms with Crippen LogP contribution in [0, 0.1) is 13.8 Å². The molecule has 0 saturated heterocycles. The predicted molar refractivity (Wildman–Crippen MR) is 115 cm³/mol. The zero-order valence-electron chi connectivity index (χ0n) is 16.5. The van der Waals surface area contributed by atoms with Crippen LogP contribution in [0.25, 0.3) is 0 Å². The molecule has 0 amide bonds. The highest BCUT2D eigenvalue weighted by molar-refractivity contribution is 5.42. The van der Waals surface area contributed by atoms with E-state index in [1.807, 2.05) is 111 Å². The van der Waals surface area contributed by atoms with Crippen molar-refractivity contribution in [2.75, 3.05) is 0 Å². The molecule has 0 N–H and O–H groups in total. The largest absolute Gasteiger partial charge is 0.457 e. The van der Waals surface area contributed by atoms with Gasteiger partial charge in [0.2, 0.25) is 0 Å². The lowest BCUT2D eigenvalue weighted by Gasteiger charge is -2.11. The van der Waals surface area contributed by atoms with Gasteiger partial charge in [-0.2, -0.15) is 0 Å². The van der Waals surface area contributed by atoms with E-state index in [-0.39, 0.29) is 0 Å². The lowest BCUT2D eigenvalue weighted by Crippen LogP contribution is -1.89. The van der Waals surface area contributed by atoms with Crippen LogP contribution in [-0.2, 0) is 0 Å². The van der Waals surface area contributed by atoms with Crippen molar-refractivity contribution >= 4 is 0 Å². The van der Waals surface area contributed by atoms with Crippen LogP contribution in [0.4, 0.5) is 0 Å². The van der Waals surface area contributed by atoms with Crippen LogP contribution in [0.15, 0.2) is 97.1 Å². The van der Waals surface area contributed by atoms with Crippen LogP contribution in [-0.4, -0.2) is 0 Å². The summed E-state index contributed by atoms with van der Waals surface area (Å²) in [6.45, 7) is 4.08. The highest BCUT2D eigenvalue weighted by Gasteiger charge is 2.04. The SMILES string of the molecule is Cc1cccc(Oc2cccc(Oc3cccc(Oc4cccc(C)c4)c3)c2)c1. The second-order valence-corrected chi connectivity index (χ2v) is 6.89. The van der Waals surface area contributed by atoms with Gasteiger partial charge in [0.1, 0.15) is 34.5 Å². The second-order valence-electron chi connectivity index (χ2n) is 6.89. The van der Waals surface area contributed by atoms with E-state index in [2.05, 4.69) is 0 Å². The van der Waals surface area contributed by atoms with Crippen molar-refractivity contribution in [3.05, 3.63) is 108 Å². The Morgan fingerprint density at radius 3 is 0.966 bits per heavy atom. The van der Waals surface area contributed by atoms with E-state index in [0.29, 0.717) is 11.5 Å². The Labute approximate surface area is 171 Å². The van der Waals surface area contributed by atoms with Crippen molar-refractivity contribution in [1.29, 1.82) is 0 Å². The maximum absolute atomic E-state index is 6.02. The van der Waals surface area contributed by atoms with E-state index in [0.717, 1.165) is 34.1 Å². The van der Waals surface area contributed by atoms with Crippen LogP contribution in [0.5, 0.6) is 34.5 Å². The quantitative estimate of drug-likeness (QED) is 0.342. The molecule has 0 heterocycles. The summed E-state index contributed by atoms with van der Waals surface area (Å²) < 4.78 is 17.9. The minimum atomic E-state index is 0.697. The van der Waals surface area contributed by atoms with Gasteiger partial charge in [-0.25, -0.2) is 0 Å². The molecule has 4 aromatic rings. The van der Waals surface area contributed by atoms with E-state index in [9.17, 15) is 0 Å². The summed E-state index contributed by atoms with van der Waals surface area (Å²) >= 11 is 0. The maximum atomic E-state index is 6.02. The van der Waals surface area contributed by atoms with Gasteiger partial charge in [0.05, 0.1) is 0 Å². The van der Waals surface area contributed by atoms with Crippen LogP contribution in [0.3, 0.4) is 0 Å². The molecule has 0 aliphatic rings. The number of benzene rings is 4. The summed E-state index contributed by atoms with van der Waals surface area (Å²) in [4.78, 5) is 0. The fourth-order valence-electron chi connectivity index (χ4n) is 2.97. The van der Waals surface area contributed by atoms with Crippen LogP contribution < -0.4 is 14.2 Å². The summed E-state index contributed by atoms with van der Waals surface area (Å²) in [6, 6.07) is 31.1. The lowest BCUT2D eigenvalue weighted by atomic mass is 10.2. The molecule has 0 aromatic heterocycles. The highest BCUT2D eigenvalue weighted by atomic mass is 16.5. The lowest BCUT2D eigenvalue weighted by molar-refractivity contribution is 0.451. The van der Waals surface area contributed by atoms with Crippen LogP contribution in [0.1, 0.15) is 11.1 Å². The number of aryl methyl sites for hydroxylation is 2. The monoisotopic (exact) mass is 382 g/mol. The Morgan fingerprint density at radius 1 is 0.379 bits per heavy atom. The molecule has 0 unspecified atom stereocenters. The van der Waals surface area contributed by atoms with Gasteiger partial charge in [-0.3, -0.25) is 0 Å². The van der Waals surface area contributed by atoms with Gasteiger partial charge in [0.15, 0.2) is 0 Å². The van der Waals surface area contributed by atoms with Gasteiger partial charge in [0.25, 0.3) is 0 Å². The molecule has 4 rings (SSSR count). The molecular formula is C26H22O3. The van der Waals surface area contributed by atoms with Crippen molar-refractivity contribution in [3.8, 4) is 34.5 Å². The van der Waals surface area contributed by atoms with Crippen molar-refractivity contribution in [2.45, 2.75) is 13.8 Å². The van der Waals surface area contributed by atoms with Gasteiger partial charge in [-0.15, -0.1) is 0 Å². The summed E-state index contributed by atoms with van der Waals surface area (Å²) in [5.74, 6) is 4.44. The molecule has 0 fully saturated rings. The Hall–Kier alpha value is -3.72. The fraction of sp³-hybridized carbons (Fsp3) is 0.0769. The molecule has 0 atom stereocenters.